The molecule has 1 N–H and O–H groups in total. The summed E-state index contributed by atoms with van der Waals surface area (Å²) in [5, 5.41) is 2.31. The van der Waals surface area contributed by atoms with Crippen LogP contribution in [0.1, 0.15) is 20.8 Å². The molecule has 3 amide bonds. The van der Waals surface area contributed by atoms with Crippen molar-refractivity contribution in [1.29, 1.82) is 0 Å². The van der Waals surface area contributed by atoms with E-state index in [9.17, 15) is 9.59 Å². The third-order valence-electron chi connectivity index (χ3n) is 2.41. The number of nitrogens with one attached hydrogen (secondary N) is 1. The summed E-state index contributed by atoms with van der Waals surface area (Å²) in [5.41, 5.74) is -0.787. The molecule has 1 heterocycles. The highest BCUT2D eigenvalue weighted by molar-refractivity contribution is 7.80. The van der Waals surface area contributed by atoms with Crippen LogP contribution in [0.15, 0.2) is 0 Å². The molecule has 0 aromatic carbocycles. The molecule has 1 aliphatic rings. The van der Waals surface area contributed by atoms with E-state index < -0.39 is 5.54 Å². The summed E-state index contributed by atoms with van der Waals surface area (Å²) >= 11 is 4.13. The van der Waals surface area contributed by atoms with Crippen molar-refractivity contribution in [2.45, 2.75) is 26.3 Å². The number of thiol groups is 1. The van der Waals surface area contributed by atoms with E-state index in [1.165, 1.54) is 0 Å². The number of urea groups is 1. The van der Waals surface area contributed by atoms with Crippen molar-refractivity contribution in [3.05, 3.63) is 0 Å². The number of carbonyl (C=O) groups excluding carboxylic acids is 2. The minimum atomic E-state index is -0.787. The van der Waals surface area contributed by atoms with Gasteiger partial charge in [0.05, 0.1) is 0 Å². The van der Waals surface area contributed by atoms with Crippen LogP contribution < -0.4 is 5.32 Å². The van der Waals surface area contributed by atoms with Gasteiger partial charge in [0.15, 0.2) is 0 Å². The van der Waals surface area contributed by atoms with Crippen LogP contribution in [0.3, 0.4) is 0 Å². The summed E-state index contributed by atoms with van der Waals surface area (Å²) in [6, 6.07) is -0.305. The second-order valence-electron chi connectivity index (χ2n) is 4.20. The summed E-state index contributed by atoms with van der Waals surface area (Å²) < 4.78 is 0. The summed E-state index contributed by atoms with van der Waals surface area (Å²) in [4.78, 5) is 24.5. The van der Waals surface area contributed by atoms with E-state index in [-0.39, 0.29) is 11.9 Å². The lowest BCUT2D eigenvalue weighted by Crippen LogP contribution is -2.50. The molecule has 0 aromatic heterocycles. The number of hydrogen-bond acceptors (Lipinski definition) is 3. The van der Waals surface area contributed by atoms with Gasteiger partial charge in [0, 0.05) is 12.3 Å². The van der Waals surface area contributed by atoms with E-state index in [2.05, 4.69) is 17.9 Å². The first kappa shape index (κ1) is 11.4. The van der Waals surface area contributed by atoms with Gasteiger partial charge in [-0.3, -0.25) is 10.1 Å². The van der Waals surface area contributed by atoms with Crippen molar-refractivity contribution < 1.29 is 9.59 Å². The summed E-state index contributed by atoms with van der Waals surface area (Å²) in [7, 11) is 0. The lowest BCUT2D eigenvalue weighted by atomic mass is 10.0. The molecule has 0 bridgehead atoms. The number of hydrogen-bond donors (Lipinski definition) is 2. The molecule has 1 atom stereocenters. The average Bonchev–Trinajstić information content (AvgIpc) is 2.30. The van der Waals surface area contributed by atoms with Gasteiger partial charge in [0.2, 0.25) is 0 Å². The molecule has 1 unspecified atom stereocenters. The zero-order valence-electron chi connectivity index (χ0n) is 8.70. The summed E-state index contributed by atoms with van der Waals surface area (Å²) in [6.07, 6.45) is 0. The molecule has 0 radical (unpaired) electrons. The zero-order valence-corrected chi connectivity index (χ0v) is 9.60. The Hall–Kier alpha value is -0.710. The number of imide groups is 1. The minimum Gasteiger partial charge on any atom is -0.309 e. The van der Waals surface area contributed by atoms with Crippen molar-refractivity contribution in [2.24, 2.45) is 5.92 Å². The van der Waals surface area contributed by atoms with E-state index in [0.29, 0.717) is 18.2 Å². The van der Waals surface area contributed by atoms with Gasteiger partial charge in [-0.05, 0) is 12.8 Å². The number of nitrogens with zero attached hydrogens (tertiary/aromatic N) is 1. The van der Waals surface area contributed by atoms with E-state index in [1.54, 1.807) is 11.8 Å². The van der Waals surface area contributed by atoms with Crippen molar-refractivity contribution >= 4 is 24.6 Å². The first-order chi connectivity index (χ1) is 6.41. The fourth-order valence-corrected chi connectivity index (χ4v) is 1.77. The van der Waals surface area contributed by atoms with Crippen molar-refractivity contribution in [1.82, 2.24) is 10.2 Å². The van der Waals surface area contributed by atoms with Gasteiger partial charge in [0.1, 0.15) is 5.54 Å². The van der Waals surface area contributed by atoms with Gasteiger partial charge >= 0.3 is 6.03 Å². The Morgan fingerprint density at radius 3 is 2.50 bits per heavy atom. The number of amides is 3. The quantitative estimate of drug-likeness (QED) is 0.543. The third kappa shape index (κ3) is 1.73. The molecule has 0 spiro atoms. The monoisotopic (exact) mass is 216 g/mol. The van der Waals surface area contributed by atoms with Crippen LogP contribution in [-0.4, -0.2) is 34.7 Å². The molecular formula is C9H16N2O2S. The van der Waals surface area contributed by atoms with Gasteiger partial charge < -0.3 is 4.90 Å². The van der Waals surface area contributed by atoms with E-state index in [4.69, 9.17) is 0 Å². The van der Waals surface area contributed by atoms with Crippen LogP contribution in [0, 0.1) is 5.92 Å². The molecule has 0 aromatic rings. The molecule has 5 heteroatoms. The van der Waals surface area contributed by atoms with Gasteiger partial charge in [-0.25, -0.2) is 4.79 Å². The maximum Gasteiger partial charge on any atom is 0.325 e. The molecule has 1 fully saturated rings. The predicted octanol–water partition coefficient (Wildman–Crippen LogP) is 0.883. The molecule has 1 saturated heterocycles. The second kappa shape index (κ2) is 3.81. The molecule has 1 rings (SSSR count). The number of rotatable bonds is 3. The Morgan fingerprint density at radius 2 is 2.07 bits per heavy atom. The molecule has 0 saturated carbocycles. The second-order valence-corrected chi connectivity index (χ2v) is 4.51. The Labute approximate surface area is 89.4 Å². The van der Waals surface area contributed by atoms with Crippen LogP contribution >= 0.6 is 12.6 Å². The smallest absolute Gasteiger partial charge is 0.309 e. The van der Waals surface area contributed by atoms with Crippen LogP contribution in [0.2, 0.25) is 0 Å². The summed E-state index contributed by atoms with van der Waals surface area (Å²) in [5.74, 6) is 0.432. The van der Waals surface area contributed by atoms with E-state index >= 15 is 0 Å². The fraction of sp³-hybridized carbons (Fsp3) is 0.778. The van der Waals surface area contributed by atoms with Crippen LogP contribution in [-0.2, 0) is 4.79 Å². The van der Waals surface area contributed by atoms with Crippen molar-refractivity contribution in [2.75, 3.05) is 12.3 Å². The Balaban J connectivity index is 2.89. The van der Waals surface area contributed by atoms with Crippen molar-refractivity contribution in [3.8, 4) is 0 Å². The molecule has 1 aliphatic heterocycles. The Bertz CT molecular complexity index is 268. The third-order valence-corrected chi connectivity index (χ3v) is 3.02. The first-order valence-electron chi connectivity index (χ1n) is 4.65. The van der Waals surface area contributed by atoms with Crippen LogP contribution in [0.4, 0.5) is 4.79 Å². The highest BCUT2D eigenvalue weighted by Gasteiger charge is 2.48. The lowest BCUT2D eigenvalue weighted by Gasteiger charge is -2.31. The zero-order chi connectivity index (χ0) is 10.9. The van der Waals surface area contributed by atoms with Gasteiger partial charge in [0.25, 0.3) is 5.91 Å². The number of carbonyl (C=O) groups is 2. The minimum absolute atomic E-state index is 0.252. The Morgan fingerprint density at radius 1 is 1.50 bits per heavy atom. The highest BCUT2D eigenvalue weighted by atomic mass is 32.1. The predicted molar refractivity (Wildman–Crippen MR) is 57.3 cm³/mol. The van der Waals surface area contributed by atoms with Gasteiger partial charge in [-0.1, -0.05) is 13.8 Å². The van der Waals surface area contributed by atoms with Gasteiger partial charge in [-0.15, -0.1) is 0 Å². The highest BCUT2D eigenvalue weighted by Crippen LogP contribution is 2.23. The van der Waals surface area contributed by atoms with E-state index in [1.807, 2.05) is 13.8 Å². The largest absolute Gasteiger partial charge is 0.325 e. The standard InChI is InChI=1S/C9H16N2O2S/c1-6(2)4-11-8(13)10-7(12)9(11,3)5-14/h6,14H,4-5H2,1-3H3,(H,10,12,13). The van der Waals surface area contributed by atoms with Gasteiger partial charge in [-0.2, -0.15) is 12.6 Å². The molecule has 4 nitrogen and oxygen atoms in total. The molecule has 80 valence electrons. The molecule has 0 aliphatic carbocycles. The SMILES string of the molecule is CC(C)CN1C(=O)NC(=O)C1(C)CS. The normalized spacial score (nSPS) is 27.4. The van der Waals surface area contributed by atoms with E-state index in [0.717, 1.165) is 0 Å². The average molecular weight is 216 g/mol. The molecular weight excluding hydrogens is 200 g/mol. The maximum atomic E-state index is 11.5. The maximum absolute atomic E-state index is 11.5. The first-order valence-corrected chi connectivity index (χ1v) is 5.29. The fourth-order valence-electron chi connectivity index (χ4n) is 1.45. The molecule has 14 heavy (non-hydrogen) atoms. The summed E-state index contributed by atoms with van der Waals surface area (Å²) in [6.45, 7) is 6.33. The topological polar surface area (TPSA) is 49.4 Å². The Kier molecular flexibility index (Phi) is 3.09. The van der Waals surface area contributed by atoms with Crippen LogP contribution in [0.25, 0.3) is 0 Å². The van der Waals surface area contributed by atoms with Crippen molar-refractivity contribution in [3.63, 3.8) is 0 Å². The van der Waals surface area contributed by atoms with Crippen LogP contribution in [0.5, 0.6) is 0 Å². The lowest BCUT2D eigenvalue weighted by molar-refractivity contribution is -0.124.